The zero-order valence-electron chi connectivity index (χ0n) is 12.7. The normalized spacial score (nSPS) is 11.8. The van der Waals surface area contributed by atoms with Crippen LogP contribution in [-0.4, -0.2) is 12.5 Å². The molecule has 0 amide bonds. The third kappa shape index (κ3) is 4.05. The number of thiophene rings is 1. The molecule has 0 N–H and O–H groups in total. The van der Waals surface area contributed by atoms with E-state index < -0.39 is 0 Å². The Morgan fingerprint density at radius 2 is 1.46 bits per heavy atom. The Kier molecular flexibility index (Phi) is 5.32. The van der Waals surface area contributed by atoms with E-state index in [0.717, 1.165) is 21.6 Å². The van der Waals surface area contributed by atoms with Crippen molar-refractivity contribution in [2.24, 2.45) is 20.7 Å². The van der Waals surface area contributed by atoms with Gasteiger partial charge in [0, 0.05) is 5.56 Å². The predicted octanol–water partition coefficient (Wildman–Crippen LogP) is 5.42. The van der Waals surface area contributed by atoms with Crippen LogP contribution in [0.5, 0.6) is 0 Å². The van der Waals surface area contributed by atoms with Crippen LogP contribution in [-0.2, 0) is 0 Å². The van der Waals surface area contributed by atoms with Gasteiger partial charge in [-0.05, 0) is 33.0 Å². The zero-order valence-corrected chi connectivity index (χ0v) is 13.6. The molecule has 1 aliphatic rings. The molecular weight excluding hydrogens is 320 g/mol. The summed E-state index contributed by atoms with van der Waals surface area (Å²) in [5.74, 6) is 0.0905. The maximum Gasteiger partial charge on any atom is 0.202 e. The molecular formula is C18H14N4OS. The highest BCUT2D eigenvalue weighted by molar-refractivity contribution is 7.12. The molecule has 0 unspecified atom stereocenters. The lowest BCUT2D eigenvalue weighted by molar-refractivity contribution is 0.104. The van der Waals surface area contributed by atoms with Crippen LogP contribution in [0.15, 0.2) is 92.8 Å². The second-order valence-corrected chi connectivity index (χ2v) is 5.78. The van der Waals surface area contributed by atoms with Crippen molar-refractivity contribution in [2.45, 2.75) is 0 Å². The third-order valence-electron chi connectivity index (χ3n) is 3.26. The standard InChI is InChI=1S/C17H12OS.CH2N4/c18-17(14-9-5-2-6-10-14)16-11-15(12-19-16)13-7-3-1-4-8-13;1-2-4-5-3-1/h1-12H;1H2. The first-order valence-corrected chi connectivity index (χ1v) is 8.19. The van der Waals surface area contributed by atoms with E-state index in [1.807, 2.05) is 60.0 Å². The van der Waals surface area contributed by atoms with Gasteiger partial charge in [0.25, 0.3) is 0 Å². The van der Waals surface area contributed by atoms with Gasteiger partial charge in [-0.1, -0.05) is 60.7 Å². The van der Waals surface area contributed by atoms with Crippen molar-refractivity contribution < 1.29 is 4.79 Å². The van der Waals surface area contributed by atoms with E-state index in [2.05, 4.69) is 32.8 Å². The summed E-state index contributed by atoms with van der Waals surface area (Å²) in [7, 11) is 0. The smallest absolute Gasteiger partial charge is 0.202 e. The summed E-state index contributed by atoms with van der Waals surface area (Å²) in [5, 5.41) is 15.1. The van der Waals surface area contributed by atoms with Gasteiger partial charge in [-0.2, -0.15) is 0 Å². The quantitative estimate of drug-likeness (QED) is 0.589. The summed E-state index contributed by atoms with van der Waals surface area (Å²) >= 11 is 1.50. The minimum atomic E-state index is 0.0905. The molecule has 2 heterocycles. The highest BCUT2D eigenvalue weighted by Gasteiger charge is 2.11. The molecule has 0 bridgehead atoms. The lowest BCUT2D eigenvalue weighted by Gasteiger charge is -1.97. The van der Waals surface area contributed by atoms with Crippen molar-refractivity contribution in [3.05, 3.63) is 82.6 Å². The van der Waals surface area contributed by atoms with E-state index >= 15 is 0 Å². The van der Waals surface area contributed by atoms with Gasteiger partial charge in [0.05, 0.1) is 4.88 Å². The van der Waals surface area contributed by atoms with Gasteiger partial charge in [0.2, 0.25) is 5.78 Å². The maximum atomic E-state index is 12.3. The molecule has 0 fully saturated rings. The van der Waals surface area contributed by atoms with Gasteiger partial charge in [0.1, 0.15) is 0 Å². The van der Waals surface area contributed by atoms with Crippen molar-refractivity contribution in [2.75, 3.05) is 6.67 Å². The molecule has 0 atom stereocenters. The molecule has 1 aliphatic heterocycles. The molecule has 4 rings (SSSR count). The van der Waals surface area contributed by atoms with Gasteiger partial charge in [-0.3, -0.25) is 4.79 Å². The van der Waals surface area contributed by atoms with Crippen LogP contribution in [0.3, 0.4) is 0 Å². The fourth-order valence-electron chi connectivity index (χ4n) is 2.11. The van der Waals surface area contributed by atoms with Crippen LogP contribution in [0.4, 0.5) is 0 Å². The second-order valence-electron chi connectivity index (χ2n) is 4.86. The van der Waals surface area contributed by atoms with Crippen LogP contribution in [0.25, 0.3) is 11.1 Å². The molecule has 5 nitrogen and oxygen atoms in total. The summed E-state index contributed by atoms with van der Waals surface area (Å²) in [6.45, 7) is 0.417. The van der Waals surface area contributed by atoms with Crippen LogP contribution in [0, 0.1) is 0 Å². The minimum absolute atomic E-state index is 0.0905. The molecule has 0 spiro atoms. The zero-order chi connectivity index (χ0) is 16.6. The van der Waals surface area contributed by atoms with Crippen molar-refractivity contribution in [1.82, 2.24) is 0 Å². The Balaban J connectivity index is 0.000000290. The molecule has 0 radical (unpaired) electrons. The van der Waals surface area contributed by atoms with Crippen molar-refractivity contribution in [3.8, 4) is 11.1 Å². The molecule has 2 aromatic carbocycles. The first-order chi connectivity index (χ1) is 11.8. The number of rotatable bonds is 3. The molecule has 3 aromatic rings. The highest BCUT2D eigenvalue weighted by atomic mass is 32.1. The first-order valence-electron chi connectivity index (χ1n) is 7.31. The summed E-state index contributed by atoms with van der Waals surface area (Å²) < 4.78 is 0. The Hall–Kier alpha value is -2.99. The van der Waals surface area contributed by atoms with Crippen molar-refractivity contribution in [3.63, 3.8) is 0 Å². The summed E-state index contributed by atoms with van der Waals surface area (Å²) in [6.07, 6.45) is 0. The average molecular weight is 334 g/mol. The van der Waals surface area contributed by atoms with Crippen molar-refractivity contribution in [1.29, 1.82) is 0 Å². The van der Waals surface area contributed by atoms with E-state index in [-0.39, 0.29) is 5.78 Å². The van der Waals surface area contributed by atoms with Gasteiger partial charge >= 0.3 is 0 Å². The summed E-state index contributed by atoms with van der Waals surface area (Å²) in [6, 6.07) is 21.5. The van der Waals surface area contributed by atoms with Crippen LogP contribution >= 0.6 is 11.3 Å². The second kappa shape index (κ2) is 8.03. The molecule has 1 aromatic heterocycles. The molecule has 0 saturated heterocycles. The summed E-state index contributed by atoms with van der Waals surface area (Å²) in [5.41, 5.74) is 2.99. The lowest BCUT2D eigenvalue weighted by atomic mass is 10.1. The number of hydrogen-bond donors (Lipinski definition) is 0. The summed E-state index contributed by atoms with van der Waals surface area (Å²) in [4.78, 5) is 13.1. The minimum Gasteiger partial charge on any atom is -0.288 e. The number of benzene rings is 2. The Bertz CT molecular complexity index is 847. The Morgan fingerprint density at radius 3 is 2.04 bits per heavy atom. The highest BCUT2D eigenvalue weighted by Crippen LogP contribution is 2.26. The van der Waals surface area contributed by atoms with Crippen LogP contribution < -0.4 is 0 Å². The van der Waals surface area contributed by atoms with Gasteiger partial charge < -0.3 is 0 Å². The SMILES string of the molecule is C1N=NN=N1.O=C(c1ccccc1)c1cc(-c2ccccc2)cs1. The molecule has 24 heavy (non-hydrogen) atoms. The van der Waals surface area contributed by atoms with E-state index in [0.29, 0.717) is 6.67 Å². The topological polar surface area (TPSA) is 66.5 Å². The van der Waals surface area contributed by atoms with Gasteiger partial charge in [0.15, 0.2) is 6.67 Å². The number of carbonyl (C=O) groups excluding carboxylic acids is 1. The predicted molar refractivity (Wildman–Crippen MR) is 94.2 cm³/mol. The van der Waals surface area contributed by atoms with E-state index in [1.165, 1.54) is 11.3 Å². The maximum absolute atomic E-state index is 12.3. The number of nitrogens with zero attached hydrogens (tertiary/aromatic N) is 4. The largest absolute Gasteiger partial charge is 0.288 e. The lowest BCUT2D eigenvalue weighted by Crippen LogP contribution is -1.97. The average Bonchev–Trinajstić information content (AvgIpc) is 3.37. The fraction of sp³-hybridized carbons (Fsp3) is 0.0556. The van der Waals surface area contributed by atoms with E-state index in [1.54, 1.807) is 0 Å². The number of carbonyl (C=O) groups is 1. The van der Waals surface area contributed by atoms with Crippen LogP contribution in [0.2, 0.25) is 0 Å². The van der Waals surface area contributed by atoms with Crippen molar-refractivity contribution >= 4 is 17.1 Å². The number of hydrogen-bond acceptors (Lipinski definition) is 6. The molecule has 0 saturated carbocycles. The molecule has 6 heteroatoms. The number of ketones is 1. The third-order valence-corrected chi connectivity index (χ3v) is 4.19. The van der Waals surface area contributed by atoms with Gasteiger partial charge in [-0.15, -0.1) is 21.6 Å². The van der Waals surface area contributed by atoms with Gasteiger partial charge in [-0.25, -0.2) is 0 Å². The first kappa shape index (κ1) is 15.9. The monoisotopic (exact) mass is 334 g/mol. The molecule has 0 aliphatic carbocycles. The Morgan fingerprint density at radius 1 is 0.833 bits per heavy atom. The molecule has 118 valence electrons. The Labute approximate surface area is 143 Å². The van der Waals surface area contributed by atoms with Crippen LogP contribution in [0.1, 0.15) is 15.2 Å². The van der Waals surface area contributed by atoms with E-state index in [4.69, 9.17) is 0 Å². The van der Waals surface area contributed by atoms with E-state index in [9.17, 15) is 4.79 Å². The fourth-order valence-corrected chi connectivity index (χ4v) is 2.99.